The first-order valence-corrected chi connectivity index (χ1v) is 8.23. The molecule has 2 aromatic heterocycles. The lowest BCUT2D eigenvalue weighted by atomic mass is 10.2. The maximum atomic E-state index is 12.1. The maximum Gasteiger partial charge on any atom is 0.266 e. The quantitative estimate of drug-likeness (QED) is 0.919. The van der Waals surface area contributed by atoms with E-state index in [0.29, 0.717) is 17.6 Å². The fraction of sp³-hybridized carbons (Fsp3) is 0.455. The number of nitrogens with zero attached hydrogens (tertiary/aromatic N) is 3. The summed E-state index contributed by atoms with van der Waals surface area (Å²) in [5.41, 5.74) is 0. The van der Waals surface area contributed by atoms with Crippen LogP contribution in [0.2, 0.25) is 0 Å². The number of hydrogen-bond acceptors (Lipinski definition) is 5. The molecule has 0 aromatic carbocycles. The Morgan fingerprint density at radius 2 is 2.16 bits per heavy atom. The van der Waals surface area contributed by atoms with Crippen LogP contribution < -0.4 is 4.72 Å². The molecule has 19 heavy (non-hydrogen) atoms. The van der Waals surface area contributed by atoms with Crippen LogP contribution in [0.25, 0.3) is 0 Å². The van der Waals surface area contributed by atoms with Crippen molar-refractivity contribution < 1.29 is 8.42 Å². The molecule has 0 fully saturated rings. The van der Waals surface area contributed by atoms with Crippen LogP contribution in [0.1, 0.15) is 31.6 Å². The Hall–Kier alpha value is -1.41. The maximum absolute atomic E-state index is 12.1. The number of thiazole rings is 1. The van der Waals surface area contributed by atoms with Gasteiger partial charge in [0, 0.05) is 23.8 Å². The minimum absolute atomic E-state index is 0.149. The largest absolute Gasteiger partial charge is 0.272 e. The van der Waals surface area contributed by atoms with Crippen molar-refractivity contribution in [2.75, 3.05) is 4.72 Å². The summed E-state index contributed by atoms with van der Waals surface area (Å²) >= 11 is 1.35. The van der Waals surface area contributed by atoms with Crippen LogP contribution >= 0.6 is 11.3 Å². The zero-order valence-electron chi connectivity index (χ0n) is 11.0. The van der Waals surface area contributed by atoms with E-state index in [4.69, 9.17) is 0 Å². The highest BCUT2D eigenvalue weighted by molar-refractivity contribution is 7.93. The molecular formula is C11H16N4O2S2. The van der Waals surface area contributed by atoms with E-state index in [0.717, 1.165) is 4.88 Å². The van der Waals surface area contributed by atoms with Gasteiger partial charge >= 0.3 is 0 Å². The smallest absolute Gasteiger partial charge is 0.266 e. The van der Waals surface area contributed by atoms with E-state index in [1.807, 2.05) is 20.8 Å². The number of aryl methyl sites for hydroxylation is 1. The SMILES string of the molecule is CCn1cc(S(=O)(=O)Nc2ncc(C(C)C)s2)cn1. The van der Waals surface area contributed by atoms with Gasteiger partial charge < -0.3 is 0 Å². The van der Waals surface area contributed by atoms with Gasteiger partial charge in [-0.1, -0.05) is 13.8 Å². The number of aromatic nitrogens is 3. The van der Waals surface area contributed by atoms with Crippen LogP contribution in [0.3, 0.4) is 0 Å². The predicted molar refractivity (Wildman–Crippen MR) is 74.9 cm³/mol. The number of rotatable bonds is 5. The molecule has 2 heterocycles. The van der Waals surface area contributed by atoms with Gasteiger partial charge in [-0.3, -0.25) is 9.40 Å². The third-order valence-corrected chi connectivity index (χ3v) is 5.19. The highest BCUT2D eigenvalue weighted by Crippen LogP contribution is 2.26. The molecule has 2 aromatic rings. The van der Waals surface area contributed by atoms with Gasteiger partial charge in [0.2, 0.25) is 0 Å². The zero-order valence-corrected chi connectivity index (χ0v) is 12.6. The molecule has 8 heteroatoms. The Kier molecular flexibility index (Phi) is 3.91. The fourth-order valence-corrected chi connectivity index (χ4v) is 3.44. The molecule has 0 bridgehead atoms. The molecule has 0 saturated carbocycles. The summed E-state index contributed by atoms with van der Waals surface area (Å²) in [5, 5.41) is 4.34. The van der Waals surface area contributed by atoms with Crippen molar-refractivity contribution in [3.05, 3.63) is 23.5 Å². The lowest BCUT2D eigenvalue weighted by molar-refractivity contribution is 0.600. The summed E-state index contributed by atoms with van der Waals surface area (Å²) in [6.45, 7) is 6.60. The standard InChI is InChI=1S/C11H16N4O2S2/c1-4-15-7-9(5-13-15)19(16,17)14-11-12-6-10(18-11)8(2)3/h5-8H,4H2,1-3H3,(H,12,14). The molecule has 104 valence electrons. The van der Waals surface area contributed by atoms with Gasteiger partial charge in [0.1, 0.15) is 4.90 Å². The van der Waals surface area contributed by atoms with Gasteiger partial charge in [0.25, 0.3) is 10.0 Å². The fourth-order valence-electron chi connectivity index (χ4n) is 1.43. The Morgan fingerprint density at radius 1 is 1.42 bits per heavy atom. The molecule has 0 aliphatic heterocycles. The predicted octanol–water partition coefficient (Wildman–Crippen LogP) is 2.28. The highest BCUT2D eigenvalue weighted by atomic mass is 32.2. The number of anilines is 1. The number of sulfonamides is 1. The first-order chi connectivity index (χ1) is 8.92. The summed E-state index contributed by atoms with van der Waals surface area (Å²) in [6.07, 6.45) is 4.53. The molecule has 0 unspecified atom stereocenters. The van der Waals surface area contributed by atoms with E-state index in [9.17, 15) is 8.42 Å². The molecule has 0 aliphatic carbocycles. The molecule has 0 spiro atoms. The molecule has 0 amide bonds. The summed E-state index contributed by atoms with van der Waals surface area (Å²) in [4.78, 5) is 5.27. The third-order valence-electron chi connectivity index (χ3n) is 2.56. The van der Waals surface area contributed by atoms with Crippen LogP contribution in [0.5, 0.6) is 0 Å². The lowest BCUT2D eigenvalue weighted by Crippen LogP contribution is -2.12. The summed E-state index contributed by atoms with van der Waals surface area (Å²) in [5.74, 6) is 0.332. The lowest BCUT2D eigenvalue weighted by Gasteiger charge is -2.02. The van der Waals surface area contributed by atoms with Gasteiger partial charge in [-0.25, -0.2) is 13.4 Å². The molecular weight excluding hydrogens is 284 g/mol. The Labute approximate surface area is 116 Å². The molecule has 0 atom stereocenters. The number of hydrogen-bond donors (Lipinski definition) is 1. The second-order valence-corrected chi connectivity index (χ2v) is 7.10. The Morgan fingerprint density at radius 3 is 2.68 bits per heavy atom. The van der Waals surface area contributed by atoms with E-state index >= 15 is 0 Å². The van der Waals surface area contributed by atoms with Crippen LogP contribution in [-0.4, -0.2) is 23.2 Å². The second kappa shape index (κ2) is 5.30. The molecule has 0 radical (unpaired) electrons. The van der Waals surface area contributed by atoms with Gasteiger partial charge in [-0.2, -0.15) is 5.10 Å². The number of nitrogens with one attached hydrogen (secondary N) is 1. The zero-order chi connectivity index (χ0) is 14.0. The highest BCUT2D eigenvalue weighted by Gasteiger charge is 2.18. The van der Waals surface area contributed by atoms with E-state index in [-0.39, 0.29) is 4.90 Å². The van der Waals surface area contributed by atoms with Crippen LogP contribution in [0, 0.1) is 0 Å². The molecule has 2 rings (SSSR count). The molecule has 1 N–H and O–H groups in total. The van der Waals surface area contributed by atoms with E-state index in [2.05, 4.69) is 14.8 Å². The van der Waals surface area contributed by atoms with E-state index in [1.54, 1.807) is 10.9 Å². The van der Waals surface area contributed by atoms with E-state index < -0.39 is 10.0 Å². The van der Waals surface area contributed by atoms with Crippen molar-refractivity contribution in [1.82, 2.24) is 14.8 Å². The molecule has 0 aliphatic rings. The normalized spacial score (nSPS) is 12.0. The van der Waals surface area contributed by atoms with Gasteiger partial charge in [0.05, 0.1) is 6.20 Å². The minimum Gasteiger partial charge on any atom is -0.272 e. The van der Waals surface area contributed by atoms with E-state index in [1.165, 1.54) is 23.7 Å². The van der Waals surface area contributed by atoms with Crippen LogP contribution in [0.15, 0.2) is 23.5 Å². The van der Waals surface area contributed by atoms with Crippen molar-refractivity contribution in [2.24, 2.45) is 0 Å². The Balaban J connectivity index is 2.20. The summed E-state index contributed by atoms with van der Waals surface area (Å²) in [6, 6.07) is 0. The third kappa shape index (κ3) is 3.13. The van der Waals surface area contributed by atoms with Gasteiger partial charge in [-0.15, -0.1) is 11.3 Å². The first kappa shape index (κ1) is 14.0. The van der Waals surface area contributed by atoms with Gasteiger partial charge in [-0.05, 0) is 12.8 Å². The summed E-state index contributed by atoms with van der Waals surface area (Å²) in [7, 11) is -3.60. The minimum atomic E-state index is -3.60. The second-order valence-electron chi connectivity index (χ2n) is 4.36. The Bertz CT molecular complexity index is 658. The van der Waals surface area contributed by atoms with Crippen molar-refractivity contribution >= 4 is 26.5 Å². The van der Waals surface area contributed by atoms with Crippen molar-refractivity contribution in [3.8, 4) is 0 Å². The topological polar surface area (TPSA) is 76.9 Å². The van der Waals surface area contributed by atoms with Crippen molar-refractivity contribution in [2.45, 2.75) is 38.1 Å². The first-order valence-electron chi connectivity index (χ1n) is 5.93. The van der Waals surface area contributed by atoms with Crippen molar-refractivity contribution in [1.29, 1.82) is 0 Å². The van der Waals surface area contributed by atoms with Crippen LogP contribution in [0.4, 0.5) is 5.13 Å². The van der Waals surface area contributed by atoms with Crippen molar-refractivity contribution in [3.63, 3.8) is 0 Å². The van der Waals surface area contributed by atoms with Gasteiger partial charge in [0.15, 0.2) is 5.13 Å². The molecule has 0 saturated heterocycles. The van der Waals surface area contributed by atoms with Crippen LogP contribution in [-0.2, 0) is 16.6 Å². The monoisotopic (exact) mass is 300 g/mol. The molecule has 6 nitrogen and oxygen atoms in total. The summed E-state index contributed by atoms with van der Waals surface area (Å²) < 4.78 is 28.3. The average Bonchev–Trinajstić information content (AvgIpc) is 2.96. The average molecular weight is 300 g/mol.